The van der Waals surface area contributed by atoms with Crippen LogP contribution in [0.5, 0.6) is 11.5 Å². The number of benzene rings is 1. The molecular weight excluding hydrogens is 586 g/mol. The number of rotatable bonds is 16. The Morgan fingerprint density at radius 1 is 1.11 bits per heavy atom. The van der Waals surface area contributed by atoms with Gasteiger partial charge in [-0.15, -0.1) is 11.8 Å². The molecule has 0 spiro atoms. The van der Waals surface area contributed by atoms with Gasteiger partial charge in [0.05, 0.1) is 38.3 Å². The van der Waals surface area contributed by atoms with Gasteiger partial charge in [0, 0.05) is 56.5 Å². The third kappa shape index (κ3) is 7.19. The number of carboxylic acid groups (broad SMARTS) is 1. The van der Waals surface area contributed by atoms with Crippen molar-refractivity contribution in [3.05, 3.63) is 34.4 Å². The highest BCUT2D eigenvalue weighted by Crippen LogP contribution is 2.52. The number of hydrogen-bond donors (Lipinski definition) is 2. The highest BCUT2D eigenvalue weighted by Gasteiger charge is 2.60. The molecule has 4 rings (SSSR count). The van der Waals surface area contributed by atoms with E-state index in [2.05, 4.69) is 11.0 Å². The molecule has 2 amide bonds. The first-order chi connectivity index (χ1) is 21.0. The number of carboxylic acids is 1. The van der Waals surface area contributed by atoms with Crippen molar-refractivity contribution in [3.63, 3.8) is 0 Å². The normalized spacial score (nSPS) is 25.6. The smallest absolute Gasteiger partial charge is 0.353 e. The fourth-order valence-corrected chi connectivity index (χ4v) is 8.20. The van der Waals surface area contributed by atoms with Crippen LogP contribution in [0.4, 0.5) is 0 Å². The Morgan fingerprint density at radius 3 is 2.45 bits per heavy atom. The summed E-state index contributed by atoms with van der Waals surface area (Å²) in [4.78, 5) is 43.9. The fourth-order valence-electron chi connectivity index (χ4n) is 6.65. The Kier molecular flexibility index (Phi) is 11.6. The minimum Gasteiger partial charge on any atom is -0.493 e. The van der Waals surface area contributed by atoms with E-state index < -0.39 is 18.0 Å². The van der Waals surface area contributed by atoms with Gasteiger partial charge in [-0.3, -0.25) is 14.5 Å². The summed E-state index contributed by atoms with van der Waals surface area (Å²) in [7, 11) is 6.77. The van der Waals surface area contributed by atoms with Gasteiger partial charge < -0.3 is 34.2 Å². The van der Waals surface area contributed by atoms with E-state index in [1.807, 2.05) is 19.1 Å². The Morgan fingerprint density at radius 2 is 1.82 bits per heavy atom. The molecule has 0 saturated carbocycles. The van der Waals surface area contributed by atoms with E-state index in [-0.39, 0.29) is 40.8 Å². The number of nitrogens with zero attached hydrogens (tertiary/aromatic N) is 3. The molecular formula is C32H47N3O8S. The zero-order valence-electron chi connectivity index (χ0n) is 26.7. The third-order valence-corrected chi connectivity index (χ3v) is 10.4. The van der Waals surface area contributed by atoms with Crippen LogP contribution in [-0.2, 0) is 25.5 Å². The number of likely N-dealkylation sites (N-methyl/N-ethyl adjacent to an activating group) is 1. The SMILES string of the molecule is COc1ccc(CCCCOCCCN2C[C@@H](SC3=C(C(=O)O)N4C(=O)[C@H]([C@@H](C)O)C4[C@H]3C)C[C@H]2C(=O)N(C)C)cc1OC. The summed E-state index contributed by atoms with van der Waals surface area (Å²) >= 11 is 1.48. The Labute approximate surface area is 264 Å². The first-order valence-electron chi connectivity index (χ1n) is 15.4. The van der Waals surface area contributed by atoms with Crippen molar-refractivity contribution in [2.24, 2.45) is 11.8 Å². The molecule has 2 N–H and O–H groups in total. The molecule has 0 aliphatic carbocycles. The summed E-state index contributed by atoms with van der Waals surface area (Å²) in [5, 5.41) is 20.2. The van der Waals surface area contributed by atoms with Gasteiger partial charge in [-0.1, -0.05) is 13.0 Å². The molecule has 11 nitrogen and oxygen atoms in total. The van der Waals surface area contributed by atoms with Crippen molar-refractivity contribution in [3.8, 4) is 11.5 Å². The van der Waals surface area contributed by atoms with Crippen LogP contribution in [0.15, 0.2) is 28.8 Å². The minimum atomic E-state index is -1.13. The van der Waals surface area contributed by atoms with E-state index in [0.717, 1.165) is 37.2 Å². The van der Waals surface area contributed by atoms with Gasteiger partial charge in [0.2, 0.25) is 11.8 Å². The predicted octanol–water partition coefficient (Wildman–Crippen LogP) is 2.85. The van der Waals surface area contributed by atoms with Crippen LogP contribution < -0.4 is 9.47 Å². The number of fused-ring (bicyclic) bond motifs is 1. The summed E-state index contributed by atoms with van der Waals surface area (Å²) in [6.45, 7) is 6.11. The van der Waals surface area contributed by atoms with Gasteiger partial charge in [0.15, 0.2) is 11.5 Å². The lowest BCUT2D eigenvalue weighted by Gasteiger charge is -2.46. The van der Waals surface area contributed by atoms with Gasteiger partial charge in [-0.2, -0.15) is 0 Å². The molecule has 44 heavy (non-hydrogen) atoms. The number of ether oxygens (including phenoxy) is 3. The average molecular weight is 634 g/mol. The number of thioether (sulfide) groups is 1. The average Bonchev–Trinajstić information content (AvgIpc) is 3.49. The van der Waals surface area contributed by atoms with E-state index in [4.69, 9.17) is 14.2 Å². The second-order valence-electron chi connectivity index (χ2n) is 12.1. The first-order valence-corrected chi connectivity index (χ1v) is 16.3. The summed E-state index contributed by atoms with van der Waals surface area (Å²) < 4.78 is 16.6. The molecule has 3 aliphatic rings. The van der Waals surface area contributed by atoms with Crippen LogP contribution in [0.25, 0.3) is 0 Å². The number of aliphatic hydroxyl groups excluding tert-OH is 1. The first kappa shape index (κ1) is 34.1. The lowest BCUT2D eigenvalue weighted by atomic mass is 9.79. The quantitative estimate of drug-likeness (QED) is 0.207. The Balaban J connectivity index is 1.27. The predicted molar refractivity (Wildman–Crippen MR) is 168 cm³/mol. The second-order valence-corrected chi connectivity index (χ2v) is 13.4. The van der Waals surface area contributed by atoms with Crippen molar-refractivity contribution in [2.75, 3.05) is 54.6 Å². The van der Waals surface area contributed by atoms with Crippen molar-refractivity contribution in [1.29, 1.82) is 0 Å². The van der Waals surface area contributed by atoms with Crippen LogP contribution in [0.2, 0.25) is 0 Å². The molecule has 1 aromatic rings. The molecule has 3 aliphatic heterocycles. The van der Waals surface area contributed by atoms with Gasteiger partial charge in [0.25, 0.3) is 0 Å². The zero-order valence-corrected chi connectivity index (χ0v) is 27.5. The van der Waals surface area contributed by atoms with E-state index in [1.165, 1.54) is 22.2 Å². The van der Waals surface area contributed by atoms with Gasteiger partial charge in [0.1, 0.15) is 5.70 Å². The molecule has 0 radical (unpaired) electrons. The Hall–Kier alpha value is -2.80. The Bertz CT molecular complexity index is 1240. The zero-order chi connectivity index (χ0) is 32.1. The molecule has 244 valence electrons. The number of aryl methyl sites for hydroxylation is 1. The molecule has 1 aromatic carbocycles. The lowest BCUT2D eigenvalue weighted by molar-refractivity contribution is -0.163. The van der Waals surface area contributed by atoms with E-state index in [0.29, 0.717) is 37.6 Å². The highest BCUT2D eigenvalue weighted by molar-refractivity contribution is 8.03. The lowest BCUT2D eigenvalue weighted by Crippen LogP contribution is -2.63. The maximum atomic E-state index is 13.1. The van der Waals surface area contributed by atoms with Gasteiger partial charge >= 0.3 is 5.97 Å². The summed E-state index contributed by atoms with van der Waals surface area (Å²) in [6.07, 6.45) is 3.40. The van der Waals surface area contributed by atoms with Gasteiger partial charge in [-0.05, 0) is 56.7 Å². The number of aliphatic hydroxyl groups is 1. The maximum absolute atomic E-state index is 13.1. The molecule has 2 saturated heterocycles. The van der Waals surface area contributed by atoms with Crippen molar-refractivity contribution in [1.82, 2.24) is 14.7 Å². The maximum Gasteiger partial charge on any atom is 0.353 e. The summed E-state index contributed by atoms with van der Waals surface area (Å²) in [6, 6.07) is 5.34. The second kappa shape index (κ2) is 15.0. The van der Waals surface area contributed by atoms with Crippen LogP contribution in [0.3, 0.4) is 0 Å². The number of amides is 2. The number of methoxy groups -OCH3 is 2. The van der Waals surface area contributed by atoms with Crippen LogP contribution in [0, 0.1) is 11.8 Å². The summed E-state index contributed by atoms with van der Waals surface area (Å²) in [5.41, 5.74) is 1.22. The van der Waals surface area contributed by atoms with Crippen LogP contribution in [0.1, 0.15) is 45.1 Å². The van der Waals surface area contributed by atoms with Crippen molar-refractivity contribution in [2.45, 2.75) is 69.4 Å². The van der Waals surface area contributed by atoms with E-state index >= 15 is 0 Å². The van der Waals surface area contributed by atoms with Gasteiger partial charge in [-0.25, -0.2) is 4.79 Å². The number of carbonyl (C=O) groups excluding carboxylic acids is 2. The van der Waals surface area contributed by atoms with E-state index in [9.17, 15) is 24.6 Å². The molecule has 0 aromatic heterocycles. The largest absolute Gasteiger partial charge is 0.493 e. The third-order valence-electron chi connectivity index (χ3n) is 8.88. The fraction of sp³-hybridized carbons (Fsp3) is 0.656. The monoisotopic (exact) mass is 633 g/mol. The van der Waals surface area contributed by atoms with Crippen molar-refractivity contribution >= 4 is 29.5 Å². The van der Waals surface area contributed by atoms with E-state index in [1.54, 1.807) is 40.1 Å². The molecule has 3 heterocycles. The van der Waals surface area contributed by atoms with Crippen LogP contribution >= 0.6 is 11.8 Å². The minimum absolute atomic E-state index is 0.00648. The summed E-state index contributed by atoms with van der Waals surface area (Å²) in [5.74, 6) is -0.761. The number of aliphatic carboxylic acids is 1. The molecule has 12 heteroatoms. The number of hydrogen-bond acceptors (Lipinski definition) is 9. The number of likely N-dealkylation sites (tertiary alicyclic amines) is 1. The number of unbranched alkanes of at least 4 members (excludes halogenated alkanes) is 1. The van der Waals surface area contributed by atoms with Crippen LogP contribution in [-0.4, -0.2) is 121 Å². The molecule has 2 fully saturated rings. The number of carbonyl (C=O) groups is 3. The molecule has 1 unspecified atom stereocenters. The molecule has 6 atom stereocenters. The highest BCUT2D eigenvalue weighted by atomic mass is 32.2. The topological polar surface area (TPSA) is 129 Å². The standard InChI is InChI=1S/C32H47N3O8S/c1-19-27-26(20(2)36)31(38)35(27)28(32(39)40)29(19)44-22-17-23(30(37)33(3)4)34(18-22)13-9-15-43-14-8-7-10-21-11-12-24(41-5)25(16-21)42-6/h11-12,16,19-20,22-23,26-27,36H,7-10,13-15,17-18H2,1-6H3,(H,39,40)/t19-,20-,22+,23+,26-,27?/m1/s1. The van der Waals surface area contributed by atoms with Crippen molar-refractivity contribution < 1.29 is 38.8 Å². The molecule has 0 bridgehead atoms. The number of β-lactam (4-membered cyclic amide) rings is 1.